The predicted octanol–water partition coefficient (Wildman–Crippen LogP) is 1.03. The summed E-state index contributed by atoms with van der Waals surface area (Å²) >= 11 is 0. The van der Waals surface area contributed by atoms with E-state index in [2.05, 4.69) is 0 Å². The molecule has 1 saturated heterocycles. The molecule has 1 aliphatic rings. The number of quaternary nitrogens is 1. The van der Waals surface area contributed by atoms with Crippen LogP contribution in [0, 0.1) is 10.1 Å². The second-order valence-electron chi connectivity index (χ2n) is 7.36. The van der Waals surface area contributed by atoms with Crippen molar-refractivity contribution in [2.45, 2.75) is 46.4 Å². The lowest BCUT2D eigenvalue weighted by atomic mass is 10.0. The zero-order valence-corrected chi connectivity index (χ0v) is 18.1. The van der Waals surface area contributed by atoms with Gasteiger partial charge in [0, 0.05) is 18.7 Å². The third kappa shape index (κ3) is 5.02. The van der Waals surface area contributed by atoms with Gasteiger partial charge in [0.15, 0.2) is 6.17 Å². The molecule has 170 valence electrons. The van der Waals surface area contributed by atoms with Gasteiger partial charge in [0.1, 0.15) is 18.7 Å². The standard InChI is InChI=1S/C21H29N3O7/c1-4-24(5-2,6-3)18-13-19(27)22(18)20(17(26)11-12-25)21(28)31-14-15-7-9-16(10-8-15)23(29)30/h7-10,18,25H,4-6,11-14H2,1-3H3. The highest BCUT2D eigenvalue weighted by Gasteiger charge is 2.52. The highest BCUT2D eigenvalue weighted by Crippen LogP contribution is 2.34. The first-order valence-corrected chi connectivity index (χ1v) is 10.3. The van der Waals surface area contributed by atoms with E-state index < -0.39 is 23.3 Å². The average molecular weight is 435 g/mol. The number of aliphatic hydroxyl groups excluding tert-OH is 1. The fourth-order valence-electron chi connectivity index (χ4n) is 3.91. The number of benzene rings is 1. The van der Waals surface area contributed by atoms with Crippen LogP contribution >= 0.6 is 0 Å². The van der Waals surface area contributed by atoms with Crippen LogP contribution in [0.25, 0.3) is 0 Å². The topological polar surface area (TPSA) is 133 Å². The number of non-ortho nitro benzene ring substituents is 1. The number of carbonyl (C=O) groups is 2. The Morgan fingerprint density at radius 3 is 2.26 bits per heavy atom. The summed E-state index contributed by atoms with van der Waals surface area (Å²) in [4.78, 5) is 36.8. The Kier molecular flexibility index (Phi) is 8.12. The van der Waals surface area contributed by atoms with Crippen molar-refractivity contribution < 1.29 is 33.9 Å². The highest BCUT2D eigenvalue weighted by molar-refractivity contribution is 5.97. The highest BCUT2D eigenvalue weighted by atomic mass is 16.6. The number of likely N-dealkylation sites (tertiary alicyclic amines) is 1. The monoisotopic (exact) mass is 435 g/mol. The van der Waals surface area contributed by atoms with Crippen molar-refractivity contribution >= 4 is 17.6 Å². The lowest BCUT2D eigenvalue weighted by molar-refractivity contribution is -0.958. The van der Waals surface area contributed by atoms with Crippen molar-refractivity contribution in [3.05, 3.63) is 51.4 Å². The Bertz CT molecular complexity index is 839. The molecule has 0 radical (unpaired) electrons. The molecule has 0 bridgehead atoms. The number of hydrogen-bond donors (Lipinski definition) is 1. The van der Waals surface area contributed by atoms with Crippen molar-refractivity contribution in [1.29, 1.82) is 0 Å². The van der Waals surface area contributed by atoms with E-state index in [1.807, 2.05) is 20.8 Å². The Labute approximate surface area is 181 Å². The summed E-state index contributed by atoms with van der Waals surface area (Å²) in [7, 11) is 0. The summed E-state index contributed by atoms with van der Waals surface area (Å²) in [6.45, 7) is 7.49. The summed E-state index contributed by atoms with van der Waals surface area (Å²) in [6, 6.07) is 5.47. The molecule has 0 aromatic heterocycles. The van der Waals surface area contributed by atoms with Crippen LogP contribution in [0.2, 0.25) is 0 Å². The minimum Gasteiger partial charge on any atom is -0.874 e. The molecule has 1 N–H and O–H groups in total. The van der Waals surface area contributed by atoms with E-state index in [0.29, 0.717) is 10.0 Å². The lowest BCUT2D eigenvalue weighted by Crippen LogP contribution is -2.70. The first kappa shape index (κ1) is 24.3. The Morgan fingerprint density at radius 1 is 1.23 bits per heavy atom. The summed E-state index contributed by atoms with van der Waals surface area (Å²) in [5.74, 6) is -1.94. The van der Waals surface area contributed by atoms with E-state index in [4.69, 9.17) is 4.74 Å². The van der Waals surface area contributed by atoms with Crippen molar-refractivity contribution in [3.63, 3.8) is 0 Å². The molecule has 1 amide bonds. The molecular weight excluding hydrogens is 406 g/mol. The van der Waals surface area contributed by atoms with Crippen molar-refractivity contribution in [3.8, 4) is 0 Å². The van der Waals surface area contributed by atoms with E-state index in [1.165, 1.54) is 29.2 Å². The molecule has 1 fully saturated rings. The van der Waals surface area contributed by atoms with Gasteiger partial charge in [-0.15, -0.1) is 0 Å². The van der Waals surface area contributed by atoms with Crippen LogP contribution in [0.1, 0.15) is 39.2 Å². The number of ether oxygens (including phenoxy) is 1. The lowest BCUT2D eigenvalue weighted by Gasteiger charge is -2.53. The SMILES string of the molecule is CC[N+](CC)(CC)C1CC(=O)N1/C(C(=O)OCc1ccc([N+](=O)[O-])cc1)=C(/[O-])CCO. The molecule has 1 aromatic carbocycles. The number of hydrogen-bond acceptors (Lipinski definition) is 7. The number of rotatable bonds is 11. The predicted molar refractivity (Wildman–Crippen MR) is 109 cm³/mol. The van der Waals surface area contributed by atoms with Crippen molar-refractivity contribution in [2.75, 3.05) is 26.2 Å². The maximum absolute atomic E-state index is 12.9. The number of nitrogens with zero attached hydrogens (tertiary/aromatic N) is 3. The average Bonchev–Trinajstić information content (AvgIpc) is 2.76. The van der Waals surface area contributed by atoms with Crippen LogP contribution in [-0.2, 0) is 20.9 Å². The molecule has 1 atom stereocenters. The smallest absolute Gasteiger partial charge is 0.354 e. The van der Waals surface area contributed by atoms with Gasteiger partial charge in [0.05, 0.1) is 24.6 Å². The van der Waals surface area contributed by atoms with Gasteiger partial charge in [-0.05, 0) is 44.9 Å². The molecule has 1 aromatic rings. The van der Waals surface area contributed by atoms with E-state index >= 15 is 0 Å². The van der Waals surface area contributed by atoms with Crippen LogP contribution in [-0.4, -0.2) is 63.7 Å². The van der Waals surface area contributed by atoms with Crippen LogP contribution in [0.5, 0.6) is 0 Å². The second-order valence-corrected chi connectivity index (χ2v) is 7.36. The van der Waals surface area contributed by atoms with E-state index in [0.717, 1.165) is 19.6 Å². The number of nitro groups is 1. The van der Waals surface area contributed by atoms with Gasteiger partial charge in [-0.2, -0.15) is 0 Å². The molecule has 0 spiro atoms. The van der Waals surface area contributed by atoms with Crippen molar-refractivity contribution in [2.24, 2.45) is 0 Å². The van der Waals surface area contributed by atoms with Gasteiger partial charge in [-0.25, -0.2) is 4.79 Å². The van der Waals surface area contributed by atoms with Crippen LogP contribution < -0.4 is 5.11 Å². The number of esters is 1. The number of aliphatic hydroxyl groups is 1. The maximum Gasteiger partial charge on any atom is 0.354 e. The molecule has 1 aliphatic heterocycles. The Morgan fingerprint density at radius 2 is 1.81 bits per heavy atom. The fourth-order valence-corrected chi connectivity index (χ4v) is 3.91. The van der Waals surface area contributed by atoms with Crippen molar-refractivity contribution in [1.82, 2.24) is 4.90 Å². The molecule has 2 rings (SSSR count). The first-order chi connectivity index (χ1) is 14.7. The summed E-state index contributed by atoms with van der Waals surface area (Å²) in [5, 5.41) is 32.6. The minimum atomic E-state index is -0.948. The number of amides is 1. The van der Waals surface area contributed by atoms with Gasteiger partial charge < -0.3 is 19.4 Å². The molecular formula is C21H29N3O7. The molecule has 1 heterocycles. The van der Waals surface area contributed by atoms with E-state index in [9.17, 15) is 29.9 Å². The van der Waals surface area contributed by atoms with E-state index in [1.54, 1.807) is 0 Å². The third-order valence-electron chi connectivity index (χ3n) is 6.00. The Balaban J connectivity index is 2.27. The van der Waals surface area contributed by atoms with Crippen LogP contribution in [0.4, 0.5) is 5.69 Å². The molecule has 10 heteroatoms. The number of nitro benzene ring substituents is 1. The largest absolute Gasteiger partial charge is 0.874 e. The number of carbonyl (C=O) groups excluding carboxylic acids is 2. The quantitative estimate of drug-likeness (QED) is 0.104. The van der Waals surface area contributed by atoms with Gasteiger partial charge in [-0.1, -0.05) is 5.76 Å². The van der Waals surface area contributed by atoms with E-state index in [-0.39, 0.29) is 42.9 Å². The van der Waals surface area contributed by atoms with Gasteiger partial charge in [-0.3, -0.25) is 19.8 Å². The normalized spacial score (nSPS) is 17.1. The maximum atomic E-state index is 12.9. The summed E-state index contributed by atoms with van der Waals surface area (Å²) in [5.41, 5.74) is 0.0394. The molecule has 1 unspecified atom stereocenters. The van der Waals surface area contributed by atoms with Gasteiger partial charge in [0.2, 0.25) is 5.91 Å². The van der Waals surface area contributed by atoms with Crippen LogP contribution in [0.3, 0.4) is 0 Å². The molecule has 0 saturated carbocycles. The summed E-state index contributed by atoms with van der Waals surface area (Å²) < 4.78 is 5.81. The molecule has 10 nitrogen and oxygen atoms in total. The second kappa shape index (κ2) is 10.4. The molecule has 31 heavy (non-hydrogen) atoms. The number of β-lactam (4-membered cyclic amide) rings is 1. The fraction of sp³-hybridized carbons (Fsp3) is 0.524. The van der Waals surface area contributed by atoms with Crippen LogP contribution in [0.15, 0.2) is 35.7 Å². The van der Waals surface area contributed by atoms with Gasteiger partial charge in [0.25, 0.3) is 5.69 Å². The Hall–Kier alpha value is -2.98. The summed E-state index contributed by atoms with van der Waals surface area (Å²) in [6.07, 6.45) is -0.429. The third-order valence-corrected chi connectivity index (χ3v) is 6.00. The van der Waals surface area contributed by atoms with Gasteiger partial charge >= 0.3 is 5.97 Å². The zero-order valence-electron chi connectivity index (χ0n) is 18.1. The minimum absolute atomic E-state index is 0.0951. The molecule has 0 aliphatic carbocycles. The first-order valence-electron chi connectivity index (χ1n) is 10.3. The zero-order chi connectivity index (χ0) is 23.2.